The SMILES string of the molecule is CCNC(=NCc1ccc(Oc2ccc(F)cc2)nc1)NCCc1nc(C)c(C)s1. The van der Waals surface area contributed by atoms with Crippen LogP contribution < -0.4 is 15.4 Å². The van der Waals surface area contributed by atoms with Gasteiger partial charge in [0.15, 0.2) is 5.96 Å². The number of hydrogen-bond donors (Lipinski definition) is 2. The molecule has 2 aromatic heterocycles. The molecule has 0 radical (unpaired) electrons. The number of hydrogen-bond acceptors (Lipinski definition) is 5. The average Bonchev–Trinajstić information content (AvgIpc) is 3.06. The van der Waals surface area contributed by atoms with E-state index in [1.54, 1.807) is 35.7 Å². The van der Waals surface area contributed by atoms with E-state index in [-0.39, 0.29) is 5.82 Å². The molecule has 0 atom stereocenters. The molecule has 0 saturated heterocycles. The number of ether oxygens (including phenoxy) is 1. The van der Waals surface area contributed by atoms with E-state index < -0.39 is 0 Å². The molecular formula is C22H26FN5OS. The lowest BCUT2D eigenvalue weighted by Crippen LogP contribution is -2.38. The van der Waals surface area contributed by atoms with Gasteiger partial charge in [-0.1, -0.05) is 6.07 Å². The Morgan fingerprint density at radius 1 is 1.13 bits per heavy atom. The van der Waals surface area contributed by atoms with Crippen molar-refractivity contribution in [3.63, 3.8) is 0 Å². The van der Waals surface area contributed by atoms with Gasteiger partial charge in [0.2, 0.25) is 5.88 Å². The van der Waals surface area contributed by atoms with Crippen molar-refractivity contribution in [2.24, 2.45) is 4.99 Å². The van der Waals surface area contributed by atoms with Gasteiger partial charge in [-0.2, -0.15) is 0 Å². The Balaban J connectivity index is 1.52. The summed E-state index contributed by atoms with van der Waals surface area (Å²) in [6, 6.07) is 9.53. The molecule has 0 spiro atoms. The first-order valence-electron chi connectivity index (χ1n) is 9.87. The summed E-state index contributed by atoms with van der Waals surface area (Å²) < 4.78 is 18.6. The lowest BCUT2D eigenvalue weighted by atomic mass is 10.3. The number of halogens is 1. The predicted octanol–water partition coefficient (Wildman–Crippen LogP) is 4.38. The minimum Gasteiger partial charge on any atom is -0.439 e. The van der Waals surface area contributed by atoms with Crippen molar-refractivity contribution < 1.29 is 9.13 Å². The number of pyridine rings is 1. The highest BCUT2D eigenvalue weighted by Crippen LogP contribution is 2.20. The van der Waals surface area contributed by atoms with Gasteiger partial charge in [0.05, 0.1) is 17.2 Å². The normalized spacial score (nSPS) is 11.4. The quantitative estimate of drug-likeness (QED) is 0.412. The molecule has 0 aliphatic heterocycles. The first-order valence-corrected chi connectivity index (χ1v) is 10.7. The summed E-state index contributed by atoms with van der Waals surface area (Å²) in [7, 11) is 0. The van der Waals surface area contributed by atoms with E-state index in [1.807, 2.05) is 19.9 Å². The van der Waals surface area contributed by atoms with Crippen LogP contribution in [0.4, 0.5) is 4.39 Å². The molecule has 0 fully saturated rings. The van der Waals surface area contributed by atoms with Gasteiger partial charge in [-0.15, -0.1) is 11.3 Å². The van der Waals surface area contributed by atoms with Crippen LogP contribution in [0.15, 0.2) is 47.6 Å². The summed E-state index contributed by atoms with van der Waals surface area (Å²) >= 11 is 1.74. The fraction of sp³-hybridized carbons (Fsp3) is 0.318. The highest BCUT2D eigenvalue weighted by Gasteiger charge is 2.05. The van der Waals surface area contributed by atoms with Gasteiger partial charge in [-0.3, -0.25) is 0 Å². The van der Waals surface area contributed by atoms with Gasteiger partial charge < -0.3 is 15.4 Å². The van der Waals surface area contributed by atoms with Gasteiger partial charge in [0.1, 0.15) is 11.6 Å². The topological polar surface area (TPSA) is 71.4 Å². The van der Waals surface area contributed by atoms with Crippen molar-refractivity contribution in [3.05, 3.63) is 69.6 Å². The largest absolute Gasteiger partial charge is 0.439 e. The second-order valence-electron chi connectivity index (χ2n) is 6.68. The molecule has 0 amide bonds. The van der Waals surface area contributed by atoms with Crippen molar-refractivity contribution in [2.45, 2.75) is 33.7 Å². The highest BCUT2D eigenvalue weighted by molar-refractivity contribution is 7.11. The first-order chi connectivity index (χ1) is 14.5. The molecule has 1 aromatic carbocycles. The Labute approximate surface area is 180 Å². The van der Waals surface area contributed by atoms with Crippen molar-refractivity contribution in [1.82, 2.24) is 20.6 Å². The number of benzene rings is 1. The molecule has 6 nitrogen and oxygen atoms in total. The Hall–Kier alpha value is -3.00. The number of nitrogens with one attached hydrogen (secondary N) is 2. The Morgan fingerprint density at radius 3 is 2.57 bits per heavy atom. The summed E-state index contributed by atoms with van der Waals surface area (Å²) in [4.78, 5) is 14.8. The van der Waals surface area contributed by atoms with E-state index in [0.29, 0.717) is 18.2 Å². The highest BCUT2D eigenvalue weighted by atomic mass is 32.1. The summed E-state index contributed by atoms with van der Waals surface area (Å²) in [6.07, 6.45) is 2.59. The van der Waals surface area contributed by atoms with Crippen LogP contribution in [0, 0.1) is 19.7 Å². The van der Waals surface area contributed by atoms with E-state index in [0.717, 1.165) is 41.7 Å². The molecule has 30 heavy (non-hydrogen) atoms. The molecule has 2 N–H and O–H groups in total. The first kappa shape index (κ1) is 21.7. The standard InChI is InChI=1S/C22H26FN5OS/c1-4-24-22(25-12-11-21-28-15(2)16(3)30-21)27-14-17-5-10-20(26-13-17)29-19-8-6-18(23)7-9-19/h5-10,13H,4,11-12,14H2,1-3H3,(H2,24,25,27). The molecule has 0 bridgehead atoms. The van der Waals surface area contributed by atoms with Gasteiger partial charge in [-0.25, -0.2) is 19.4 Å². The summed E-state index contributed by atoms with van der Waals surface area (Å²) in [5.74, 6) is 1.45. The maximum atomic E-state index is 13.0. The second kappa shape index (κ2) is 10.7. The van der Waals surface area contributed by atoms with Crippen LogP contribution in [-0.2, 0) is 13.0 Å². The fourth-order valence-corrected chi connectivity index (χ4v) is 3.57. The van der Waals surface area contributed by atoms with Gasteiger partial charge in [-0.05, 0) is 50.6 Å². The molecule has 0 aliphatic carbocycles. The zero-order valence-corrected chi connectivity index (χ0v) is 18.2. The number of aryl methyl sites for hydroxylation is 2. The van der Waals surface area contributed by atoms with Crippen LogP contribution in [0.3, 0.4) is 0 Å². The minimum atomic E-state index is -0.300. The van der Waals surface area contributed by atoms with Crippen LogP contribution in [0.5, 0.6) is 11.6 Å². The van der Waals surface area contributed by atoms with E-state index in [1.165, 1.54) is 17.0 Å². The molecule has 2 heterocycles. The number of aromatic nitrogens is 2. The number of aliphatic imine (C=N–C) groups is 1. The molecule has 0 aliphatic rings. The van der Waals surface area contributed by atoms with E-state index >= 15 is 0 Å². The lowest BCUT2D eigenvalue weighted by molar-refractivity contribution is 0.461. The zero-order valence-electron chi connectivity index (χ0n) is 17.4. The van der Waals surface area contributed by atoms with Crippen LogP contribution in [0.1, 0.15) is 28.1 Å². The molecule has 3 aromatic rings. The van der Waals surface area contributed by atoms with Gasteiger partial charge >= 0.3 is 0 Å². The molecular weight excluding hydrogens is 401 g/mol. The number of rotatable bonds is 8. The monoisotopic (exact) mass is 427 g/mol. The van der Waals surface area contributed by atoms with E-state index in [9.17, 15) is 4.39 Å². The Morgan fingerprint density at radius 2 is 1.93 bits per heavy atom. The second-order valence-corrected chi connectivity index (χ2v) is 7.97. The lowest BCUT2D eigenvalue weighted by Gasteiger charge is -2.10. The van der Waals surface area contributed by atoms with Crippen molar-refractivity contribution in [3.8, 4) is 11.6 Å². The smallest absolute Gasteiger partial charge is 0.219 e. The average molecular weight is 428 g/mol. The van der Waals surface area contributed by atoms with E-state index in [4.69, 9.17) is 4.74 Å². The minimum absolute atomic E-state index is 0.300. The number of nitrogens with zero attached hydrogens (tertiary/aromatic N) is 3. The Kier molecular flexibility index (Phi) is 7.73. The summed E-state index contributed by atoms with van der Waals surface area (Å²) in [5.41, 5.74) is 2.07. The maximum absolute atomic E-state index is 13.0. The molecule has 8 heteroatoms. The number of thiazole rings is 1. The third kappa shape index (κ3) is 6.52. The van der Waals surface area contributed by atoms with Gasteiger partial charge in [0, 0.05) is 36.7 Å². The predicted molar refractivity (Wildman–Crippen MR) is 119 cm³/mol. The molecule has 3 rings (SSSR count). The summed E-state index contributed by atoms with van der Waals surface area (Å²) in [5, 5.41) is 7.73. The zero-order chi connectivity index (χ0) is 21.3. The van der Waals surface area contributed by atoms with E-state index in [2.05, 4.69) is 32.5 Å². The van der Waals surface area contributed by atoms with Crippen LogP contribution in [-0.4, -0.2) is 29.0 Å². The molecule has 158 valence electrons. The van der Waals surface area contributed by atoms with Crippen molar-refractivity contribution in [2.75, 3.05) is 13.1 Å². The van der Waals surface area contributed by atoms with Crippen LogP contribution in [0.25, 0.3) is 0 Å². The molecule has 0 saturated carbocycles. The molecule has 0 unspecified atom stereocenters. The third-order valence-electron chi connectivity index (χ3n) is 4.30. The number of guanidine groups is 1. The van der Waals surface area contributed by atoms with Crippen molar-refractivity contribution in [1.29, 1.82) is 0 Å². The van der Waals surface area contributed by atoms with Crippen molar-refractivity contribution >= 4 is 17.3 Å². The maximum Gasteiger partial charge on any atom is 0.219 e. The van der Waals surface area contributed by atoms with Gasteiger partial charge in [0.25, 0.3) is 0 Å². The van der Waals surface area contributed by atoms with Crippen LogP contribution in [0.2, 0.25) is 0 Å². The van der Waals surface area contributed by atoms with Crippen LogP contribution >= 0.6 is 11.3 Å². The summed E-state index contributed by atoms with van der Waals surface area (Å²) in [6.45, 7) is 8.21. The fourth-order valence-electron chi connectivity index (χ4n) is 2.63. The Bertz CT molecular complexity index is 951. The third-order valence-corrected chi connectivity index (χ3v) is 5.43.